The van der Waals surface area contributed by atoms with E-state index in [1.807, 2.05) is 34.8 Å². The topological polar surface area (TPSA) is 41.4 Å². The molecule has 144 valence electrons. The van der Waals surface area contributed by atoms with E-state index < -0.39 is 0 Å². The fourth-order valence-corrected chi connectivity index (χ4v) is 3.79. The Balaban J connectivity index is 1.58. The van der Waals surface area contributed by atoms with Gasteiger partial charge in [0.15, 0.2) is 0 Å². The number of carbonyl (C=O) groups is 1. The zero-order valence-electron chi connectivity index (χ0n) is 16.3. The van der Waals surface area contributed by atoms with Gasteiger partial charge in [-0.3, -0.25) is 9.48 Å². The first-order valence-corrected chi connectivity index (χ1v) is 9.94. The Morgan fingerprint density at radius 1 is 0.964 bits per heavy atom. The molecule has 0 saturated carbocycles. The summed E-state index contributed by atoms with van der Waals surface area (Å²) >= 11 is 0. The van der Waals surface area contributed by atoms with Crippen molar-refractivity contribution in [3.8, 4) is 0 Å². The number of rotatable bonds is 5. The molecular weight excluding hydrogens is 348 g/mol. The summed E-state index contributed by atoms with van der Waals surface area (Å²) in [6.45, 7) is 5.38. The first-order valence-electron chi connectivity index (χ1n) is 9.94. The number of aryl methyl sites for hydroxylation is 1. The molecule has 1 aromatic heterocycles. The molecule has 0 N–H and O–H groups in total. The van der Waals surface area contributed by atoms with Gasteiger partial charge in [0.2, 0.25) is 5.91 Å². The third kappa shape index (κ3) is 3.93. The second kappa shape index (κ2) is 8.30. The van der Waals surface area contributed by atoms with Crippen LogP contribution < -0.4 is 9.80 Å². The number of aromatic nitrogens is 2. The van der Waals surface area contributed by atoms with E-state index in [2.05, 4.69) is 52.5 Å². The van der Waals surface area contributed by atoms with Crippen molar-refractivity contribution in [3.63, 3.8) is 0 Å². The van der Waals surface area contributed by atoms with Crippen molar-refractivity contribution in [1.82, 2.24) is 9.78 Å². The van der Waals surface area contributed by atoms with E-state index in [0.29, 0.717) is 6.42 Å². The van der Waals surface area contributed by atoms with Crippen LogP contribution in [0.25, 0.3) is 0 Å². The highest BCUT2D eigenvalue weighted by atomic mass is 16.2. The average Bonchev–Trinajstić information content (AvgIpc) is 3.10. The number of anilines is 2. The first-order chi connectivity index (χ1) is 13.7. The van der Waals surface area contributed by atoms with Crippen molar-refractivity contribution in [2.45, 2.75) is 32.9 Å². The molecule has 2 aromatic carbocycles. The van der Waals surface area contributed by atoms with E-state index in [4.69, 9.17) is 0 Å². The minimum absolute atomic E-state index is 0.129. The van der Waals surface area contributed by atoms with Crippen molar-refractivity contribution in [1.29, 1.82) is 0 Å². The van der Waals surface area contributed by atoms with Crippen LogP contribution in [0.15, 0.2) is 67.0 Å². The Morgan fingerprint density at radius 2 is 1.71 bits per heavy atom. The van der Waals surface area contributed by atoms with Gasteiger partial charge in [-0.1, -0.05) is 42.5 Å². The van der Waals surface area contributed by atoms with Gasteiger partial charge in [0, 0.05) is 32.4 Å². The lowest BCUT2D eigenvalue weighted by atomic mass is 10.1. The van der Waals surface area contributed by atoms with Crippen LogP contribution in [-0.2, 0) is 24.3 Å². The van der Waals surface area contributed by atoms with E-state index in [1.54, 1.807) is 6.20 Å². The van der Waals surface area contributed by atoms with Crippen molar-refractivity contribution in [2.24, 2.45) is 0 Å². The van der Waals surface area contributed by atoms with Crippen LogP contribution in [0.1, 0.15) is 24.5 Å². The van der Waals surface area contributed by atoms with Gasteiger partial charge in [-0.15, -0.1) is 0 Å². The fraction of sp³-hybridized carbons (Fsp3) is 0.304. The van der Waals surface area contributed by atoms with Gasteiger partial charge in [-0.05, 0) is 36.6 Å². The summed E-state index contributed by atoms with van der Waals surface area (Å²) in [4.78, 5) is 17.4. The maximum atomic E-state index is 13.1. The zero-order valence-corrected chi connectivity index (χ0v) is 16.3. The Bertz CT molecular complexity index is 935. The molecule has 0 spiro atoms. The SMILES string of the molecule is CCn1cc(CC(=O)N2CCCN(Cc3ccccc3)c3ccccc32)cn1. The molecule has 0 radical (unpaired) electrons. The Hall–Kier alpha value is -3.08. The summed E-state index contributed by atoms with van der Waals surface area (Å²) < 4.78 is 1.86. The van der Waals surface area contributed by atoms with Gasteiger partial charge in [-0.2, -0.15) is 5.10 Å². The molecule has 0 bridgehead atoms. The quantitative estimate of drug-likeness (QED) is 0.680. The molecule has 0 fully saturated rings. The highest BCUT2D eigenvalue weighted by molar-refractivity contribution is 5.98. The third-order valence-corrected chi connectivity index (χ3v) is 5.21. The van der Waals surface area contributed by atoms with Crippen LogP contribution in [0.3, 0.4) is 0 Å². The number of carbonyl (C=O) groups excluding carboxylic acids is 1. The lowest BCUT2D eigenvalue weighted by molar-refractivity contribution is -0.118. The minimum atomic E-state index is 0.129. The molecule has 2 heterocycles. The van der Waals surface area contributed by atoms with Crippen LogP contribution in [-0.4, -0.2) is 28.8 Å². The third-order valence-electron chi connectivity index (χ3n) is 5.21. The predicted octanol–water partition coefficient (Wildman–Crippen LogP) is 3.89. The van der Waals surface area contributed by atoms with Crippen LogP contribution in [0.5, 0.6) is 0 Å². The number of hydrogen-bond acceptors (Lipinski definition) is 3. The van der Waals surface area contributed by atoms with E-state index in [1.165, 1.54) is 5.56 Å². The summed E-state index contributed by atoms with van der Waals surface area (Å²) in [5.74, 6) is 0.129. The monoisotopic (exact) mass is 374 g/mol. The Labute approximate surface area is 166 Å². The van der Waals surface area contributed by atoms with Crippen molar-refractivity contribution in [2.75, 3.05) is 22.9 Å². The largest absolute Gasteiger partial charge is 0.365 e. The molecule has 0 unspecified atom stereocenters. The summed E-state index contributed by atoms with van der Waals surface area (Å²) in [5.41, 5.74) is 4.38. The lowest BCUT2D eigenvalue weighted by Crippen LogP contribution is -2.32. The molecular formula is C23H26N4O. The Kier molecular flexibility index (Phi) is 5.42. The minimum Gasteiger partial charge on any atom is -0.365 e. The summed E-state index contributed by atoms with van der Waals surface area (Å²) in [5, 5.41) is 4.29. The van der Waals surface area contributed by atoms with E-state index in [9.17, 15) is 4.79 Å². The number of hydrogen-bond donors (Lipinski definition) is 0. The average molecular weight is 374 g/mol. The second-order valence-corrected chi connectivity index (χ2v) is 7.18. The van der Waals surface area contributed by atoms with Crippen LogP contribution >= 0.6 is 0 Å². The van der Waals surface area contributed by atoms with Crippen LogP contribution in [0.2, 0.25) is 0 Å². The molecule has 0 atom stereocenters. The van der Waals surface area contributed by atoms with Gasteiger partial charge in [0.1, 0.15) is 0 Å². The van der Waals surface area contributed by atoms with E-state index in [-0.39, 0.29) is 5.91 Å². The lowest BCUT2D eigenvalue weighted by Gasteiger charge is -2.27. The summed E-state index contributed by atoms with van der Waals surface area (Å²) in [7, 11) is 0. The smallest absolute Gasteiger partial charge is 0.231 e. The highest BCUT2D eigenvalue weighted by Gasteiger charge is 2.25. The van der Waals surface area contributed by atoms with Crippen LogP contribution in [0, 0.1) is 0 Å². The molecule has 5 nitrogen and oxygen atoms in total. The van der Waals surface area contributed by atoms with E-state index >= 15 is 0 Å². The number of nitrogens with zero attached hydrogens (tertiary/aromatic N) is 4. The standard InChI is InChI=1S/C23H26N4O/c1-2-26-18-20(16-24-26)15-23(28)27-14-8-13-25(17-19-9-4-3-5-10-19)21-11-6-7-12-22(21)27/h3-7,9-12,16,18H,2,8,13-15,17H2,1H3. The molecule has 5 heteroatoms. The normalized spacial score (nSPS) is 13.9. The zero-order chi connectivity index (χ0) is 19.3. The number of fused-ring (bicyclic) bond motifs is 1. The van der Waals surface area contributed by atoms with Crippen molar-refractivity contribution < 1.29 is 4.79 Å². The fourth-order valence-electron chi connectivity index (χ4n) is 3.79. The summed E-state index contributed by atoms with van der Waals surface area (Å²) in [6.07, 6.45) is 5.09. The molecule has 3 aromatic rings. The maximum absolute atomic E-state index is 13.1. The number of para-hydroxylation sites is 2. The van der Waals surface area contributed by atoms with Crippen LogP contribution in [0.4, 0.5) is 11.4 Å². The van der Waals surface area contributed by atoms with Crippen molar-refractivity contribution >= 4 is 17.3 Å². The first kappa shape index (κ1) is 18.3. The highest BCUT2D eigenvalue weighted by Crippen LogP contribution is 2.33. The Morgan fingerprint density at radius 3 is 2.46 bits per heavy atom. The van der Waals surface area contributed by atoms with Gasteiger partial charge in [-0.25, -0.2) is 0 Å². The molecule has 28 heavy (non-hydrogen) atoms. The van der Waals surface area contributed by atoms with Crippen molar-refractivity contribution in [3.05, 3.63) is 78.1 Å². The maximum Gasteiger partial charge on any atom is 0.231 e. The predicted molar refractivity (Wildman–Crippen MR) is 113 cm³/mol. The molecule has 0 aliphatic carbocycles. The molecule has 1 aliphatic heterocycles. The molecule has 1 amide bonds. The molecule has 1 aliphatic rings. The van der Waals surface area contributed by atoms with Gasteiger partial charge >= 0.3 is 0 Å². The summed E-state index contributed by atoms with van der Waals surface area (Å²) in [6, 6.07) is 18.8. The molecule has 0 saturated heterocycles. The van der Waals surface area contributed by atoms with Gasteiger partial charge < -0.3 is 9.80 Å². The number of amides is 1. The van der Waals surface area contributed by atoms with Gasteiger partial charge in [0.25, 0.3) is 0 Å². The van der Waals surface area contributed by atoms with E-state index in [0.717, 1.165) is 49.5 Å². The molecule has 4 rings (SSSR count). The number of benzene rings is 2. The second-order valence-electron chi connectivity index (χ2n) is 7.18. The van der Waals surface area contributed by atoms with Gasteiger partial charge in [0.05, 0.1) is 24.0 Å².